The topological polar surface area (TPSA) is 98.6 Å². The summed E-state index contributed by atoms with van der Waals surface area (Å²) in [5.41, 5.74) is 1.84. The molecule has 0 saturated carbocycles. The Hall–Kier alpha value is -2.41. The van der Waals surface area contributed by atoms with Crippen LogP contribution in [-0.2, 0) is 6.61 Å². The molecule has 0 unspecified atom stereocenters. The summed E-state index contributed by atoms with van der Waals surface area (Å²) < 4.78 is 10.7. The van der Waals surface area contributed by atoms with E-state index in [1.54, 1.807) is 13.8 Å². The summed E-state index contributed by atoms with van der Waals surface area (Å²) in [5, 5.41) is 24.4. The Bertz CT molecular complexity index is 644. The summed E-state index contributed by atoms with van der Waals surface area (Å²) in [6, 6.07) is 4.14. The second kappa shape index (κ2) is 5.92. The quantitative estimate of drug-likeness (QED) is 0.672. The molecule has 1 aromatic heterocycles. The Labute approximate surface area is 121 Å². The van der Waals surface area contributed by atoms with Crippen molar-refractivity contribution < 1.29 is 19.3 Å². The van der Waals surface area contributed by atoms with Crippen molar-refractivity contribution in [3.05, 3.63) is 50.9 Å². The van der Waals surface area contributed by atoms with Crippen LogP contribution in [0.2, 0.25) is 0 Å². The number of nitrogens with zero attached hydrogens (tertiary/aromatic N) is 2. The lowest BCUT2D eigenvalue weighted by molar-refractivity contribution is -0.385. The molecule has 1 atom stereocenters. The molecule has 0 aliphatic carbocycles. The molecule has 0 saturated heterocycles. The van der Waals surface area contributed by atoms with Crippen molar-refractivity contribution in [3.8, 4) is 5.75 Å². The van der Waals surface area contributed by atoms with E-state index in [-0.39, 0.29) is 12.3 Å². The molecule has 0 spiro atoms. The lowest BCUT2D eigenvalue weighted by Gasteiger charge is -2.13. The van der Waals surface area contributed by atoms with Gasteiger partial charge in [0.25, 0.3) is 5.69 Å². The fraction of sp³-hybridized carbons (Fsp3) is 0.357. The maximum Gasteiger partial charge on any atom is 0.270 e. The van der Waals surface area contributed by atoms with Gasteiger partial charge < -0.3 is 14.4 Å². The first-order valence-electron chi connectivity index (χ1n) is 6.41. The number of nitro groups is 1. The number of hydrogen-bond acceptors (Lipinski definition) is 6. The number of benzene rings is 1. The van der Waals surface area contributed by atoms with Crippen LogP contribution in [0.3, 0.4) is 0 Å². The monoisotopic (exact) mass is 292 g/mol. The van der Waals surface area contributed by atoms with E-state index in [4.69, 9.17) is 9.26 Å². The van der Waals surface area contributed by atoms with E-state index < -0.39 is 11.0 Å². The van der Waals surface area contributed by atoms with Crippen molar-refractivity contribution in [2.45, 2.75) is 33.5 Å². The Kier molecular flexibility index (Phi) is 4.23. The van der Waals surface area contributed by atoms with Gasteiger partial charge in [-0.2, -0.15) is 0 Å². The Morgan fingerprint density at radius 1 is 1.48 bits per heavy atom. The maximum absolute atomic E-state index is 10.8. The van der Waals surface area contributed by atoms with Crippen LogP contribution in [0.25, 0.3) is 0 Å². The van der Waals surface area contributed by atoms with Gasteiger partial charge in [-0.3, -0.25) is 10.1 Å². The van der Waals surface area contributed by atoms with Gasteiger partial charge in [-0.25, -0.2) is 0 Å². The number of hydrogen-bond donors (Lipinski definition) is 1. The van der Waals surface area contributed by atoms with E-state index in [0.717, 1.165) is 11.3 Å². The van der Waals surface area contributed by atoms with Crippen molar-refractivity contribution in [2.24, 2.45) is 0 Å². The van der Waals surface area contributed by atoms with E-state index in [0.29, 0.717) is 17.1 Å². The van der Waals surface area contributed by atoms with Crippen molar-refractivity contribution in [3.63, 3.8) is 0 Å². The zero-order valence-electron chi connectivity index (χ0n) is 12.0. The van der Waals surface area contributed by atoms with Gasteiger partial charge in [0.1, 0.15) is 18.1 Å². The standard InChI is InChI=1S/C14H16N2O5/c1-8-13(10(3)21-15-8)7-20-14-5-4-11(16(18)19)6-12(14)9(2)17/h4-6,9,17H,7H2,1-3H3/t9-/m1/s1. The minimum Gasteiger partial charge on any atom is -0.488 e. The third-order valence-electron chi connectivity index (χ3n) is 3.21. The first-order valence-corrected chi connectivity index (χ1v) is 6.41. The van der Waals surface area contributed by atoms with Gasteiger partial charge in [0.15, 0.2) is 0 Å². The molecular formula is C14H16N2O5. The third kappa shape index (κ3) is 3.19. The zero-order valence-corrected chi connectivity index (χ0v) is 12.0. The molecule has 1 N–H and O–H groups in total. The van der Waals surface area contributed by atoms with Crippen molar-refractivity contribution >= 4 is 5.69 Å². The molecule has 0 bridgehead atoms. The predicted molar refractivity (Wildman–Crippen MR) is 74.0 cm³/mol. The Balaban J connectivity index is 2.25. The number of aromatic nitrogens is 1. The fourth-order valence-corrected chi connectivity index (χ4v) is 1.97. The number of ether oxygens (including phenoxy) is 1. The highest BCUT2D eigenvalue weighted by Crippen LogP contribution is 2.30. The molecule has 0 amide bonds. The number of nitro benzene ring substituents is 1. The zero-order chi connectivity index (χ0) is 15.6. The summed E-state index contributed by atoms with van der Waals surface area (Å²) >= 11 is 0. The lowest BCUT2D eigenvalue weighted by atomic mass is 10.1. The van der Waals surface area contributed by atoms with E-state index in [1.807, 2.05) is 0 Å². The lowest BCUT2D eigenvalue weighted by Crippen LogP contribution is -2.03. The van der Waals surface area contributed by atoms with Crippen LogP contribution < -0.4 is 4.74 Å². The Morgan fingerprint density at radius 3 is 2.71 bits per heavy atom. The molecule has 0 fully saturated rings. The molecule has 1 heterocycles. The highest BCUT2D eigenvalue weighted by atomic mass is 16.6. The highest BCUT2D eigenvalue weighted by Gasteiger charge is 2.17. The molecule has 1 aromatic carbocycles. The molecule has 2 rings (SSSR count). The molecular weight excluding hydrogens is 276 g/mol. The summed E-state index contributed by atoms with van der Waals surface area (Å²) in [5.74, 6) is 1.06. The molecule has 7 heteroatoms. The van der Waals surface area contributed by atoms with Gasteiger partial charge in [0.2, 0.25) is 0 Å². The van der Waals surface area contributed by atoms with E-state index >= 15 is 0 Å². The minimum atomic E-state index is -0.871. The van der Waals surface area contributed by atoms with Crippen LogP contribution in [0.5, 0.6) is 5.75 Å². The van der Waals surface area contributed by atoms with Gasteiger partial charge in [-0.15, -0.1) is 0 Å². The number of aliphatic hydroxyl groups is 1. The summed E-state index contributed by atoms with van der Waals surface area (Å²) in [6.45, 7) is 5.34. The van der Waals surface area contributed by atoms with Crippen LogP contribution in [0, 0.1) is 24.0 Å². The molecule has 7 nitrogen and oxygen atoms in total. The van der Waals surface area contributed by atoms with Crippen LogP contribution in [0.4, 0.5) is 5.69 Å². The van der Waals surface area contributed by atoms with Crippen molar-refractivity contribution in [1.82, 2.24) is 5.16 Å². The second-order valence-corrected chi connectivity index (χ2v) is 4.75. The molecule has 0 aliphatic rings. The van der Waals surface area contributed by atoms with E-state index in [2.05, 4.69) is 5.16 Å². The predicted octanol–water partition coefficient (Wildman–Crippen LogP) is 2.83. The van der Waals surface area contributed by atoms with Crippen LogP contribution in [-0.4, -0.2) is 15.2 Å². The summed E-state index contributed by atoms with van der Waals surface area (Å²) in [7, 11) is 0. The van der Waals surface area contributed by atoms with Gasteiger partial charge in [0, 0.05) is 17.7 Å². The van der Waals surface area contributed by atoms with Crippen LogP contribution >= 0.6 is 0 Å². The highest BCUT2D eigenvalue weighted by molar-refractivity contribution is 5.45. The summed E-state index contributed by atoms with van der Waals surface area (Å²) in [6.07, 6.45) is -0.871. The molecule has 0 aliphatic heterocycles. The molecule has 112 valence electrons. The maximum atomic E-state index is 10.8. The van der Waals surface area contributed by atoms with Crippen molar-refractivity contribution in [1.29, 1.82) is 0 Å². The number of aryl methyl sites for hydroxylation is 2. The molecule has 0 radical (unpaired) electrons. The average Bonchev–Trinajstić information content (AvgIpc) is 2.75. The average molecular weight is 292 g/mol. The third-order valence-corrected chi connectivity index (χ3v) is 3.21. The van der Waals surface area contributed by atoms with Crippen LogP contribution in [0.15, 0.2) is 22.7 Å². The fourth-order valence-electron chi connectivity index (χ4n) is 1.97. The first-order chi connectivity index (χ1) is 9.90. The normalized spacial score (nSPS) is 12.2. The van der Waals surface area contributed by atoms with Crippen LogP contribution in [0.1, 0.15) is 35.6 Å². The largest absolute Gasteiger partial charge is 0.488 e. The SMILES string of the molecule is Cc1noc(C)c1COc1ccc([N+](=O)[O-])cc1[C@@H](C)O. The van der Waals surface area contributed by atoms with E-state index in [1.165, 1.54) is 25.1 Å². The van der Waals surface area contributed by atoms with Crippen molar-refractivity contribution in [2.75, 3.05) is 0 Å². The first kappa shape index (κ1) is 15.0. The number of rotatable bonds is 5. The molecule has 2 aromatic rings. The minimum absolute atomic E-state index is 0.0874. The number of non-ortho nitro benzene ring substituents is 1. The summed E-state index contributed by atoms with van der Waals surface area (Å²) in [4.78, 5) is 10.3. The number of aliphatic hydroxyl groups excluding tert-OH is 1. The smallest absolute Gasteiger partial charge is 0.270 e. The molecule has 21 heavy (non-hydrogen) atoms. The van der Waals surface area contributed by atoms with E-state index in [9.17, 15) is 15.2 Å². The van der Waals surface area contributed by atoms with Gasteiger partial charge in [-0.1, -0.05) is 5.16 Å². The second-order valence-electron chi connectivity index (χ2n) is 4.75. The van der Waals surface area contributed by atoms with Gasteiger partial charge >= 0.3 is 0 Å². The van der Waals surface area contributed by atoms with Gasteiger partial charge in [0.05, 0.1) is 22.3 Å². The Morgan fingerprint density at radius 2 is 2.19 bits per heavy atom. The van der Waals surface area contributed by atoms with Gasteiger partial charge in [-0.05, 0) is 26.8 Å².